The van der Waals surface area contributed by atoms with Crippen molar-refractivity contribution in [1.82, 2.24) is 4.90 Å². The molecule has 0 unspecified atom stereocenters. The van der Waals surface area contributed by atoms with Gasteiger partial charge in [-0.3, -0.25) is 4.90 Å². The Balaban J connectivity index is 3.46. The van der Waals surface area contributed by atoms with Crippen molar-refractivity contribution < 1.29 is 20.4 Å². The third kappa shape index (κ3) is 2.75. The van der Waals surface area contributed by atoms with Gasteiger partial charge < -0.3 is 20.4 Å². The zero-order valence-corrected chi connectivity index (χ0v) is 14.5. The average Bonchev–Trinajstić information content (AvgIpc) is 2.30. The summed E-state index contributed by atoms with van der Waals surface area (Å²) in [4.78, 5) is 1.96. The molecule has 0 aromatic rings. The fraction of sp³-hybridized carbons (Fsp3) is 1.00. The Bertz CT molecular complexity index is 375. The lowest BCUT2D eigenvalue weighted by molar-refractivity contribution is -0.285. The van der Waals surface area contributed by atoms with Gasteiger partial charge in [-0.05, 0) is 48.0 Å². The van der Waals surface area contributed by atoms with E-state index in [1.54, 1.807) is 20.8 Å². The van der Waals surface area contributed by atoms with Gasteiger partial charge in [0.1, 0.15) is 11.7 Å². The number of likely N-dealkylation sites (tertiary alicyclic amines) is 1. The van der Waals surface area contributed by atoms with E-state index in [4.69, 9.17) is 0 Å². The van der Waals surface area contributed by atoms with Crippen molar-refractivity contribution in [2.75, 3.05) is 6.54 Å². The van der Waals surface area contributed by atoms with E-state index < -0.39 is 28.9 Å². The Morgan fingerprint density at radius 2 is 1.62 bits per heavy atom. The van der Waals surface area contributed by atoms with Gasteiger partial charge in [0.15, 0.2) is 0 Å². The van der Waals surface area contributed by atoms with E-state index in [-0.39, 0.29) is 12.1 Å². The molecule has 4 N–H and O–H groups in total. The molecule has 0 spiro atoms. The van der Waals surface area contributed by atoms with E-state index in [1.807, 2.05) is 18.7 Å². The summed E-state index contributed by atoms with van der Waals surface area (Å²) in [5.41, 5.74) is -4.33. The number of β-amino-alcohol motifs (C(OH)–C–C–N with tert-alkyl or cyclic N) is 1. The van der Waals surface area contributed by atoms with Crippen molar-refractivity contribution in [2.45, 2.75) is 95.8 Å². The molecule has 5 heteroatoms. The molecule has 0 bridgehead atoms. The molecule has 0 saturated carbocycles. The first-order valence-corrected chi connectivity index (χ1v) is 7.82. The molecule has 1 fully saturated rings. The molecule has 1 saturated heterocycles. The summed E-state index contributed by atoms with van der Waals surface area (Å²) < 4.78 is 0. The number of hydrogen-bond acceptors (Lipinski definition) is 5. The van der Waals surface area contributed by atoms with Crippen LogP contribution in [0.2, 0.25) is 0 Å². The molecule has 1 aliphatic rings. The largest absolute Gasteiger partial charge is 0.389 e. The van der Waals surface area contributed by atoms with Gasteiger partial charge in [-0.25, -0.2) is 0 Å². The predicted molar refractivity (Wildman–Crippen MR) is 83.0 cm³/mol. The summed E-state index contributed by atoms with van der Waals surface area (Å²) in [6.45, 7) is 12.9. The zero-order chi connectivity index (χ0) is 16.9. The predicted octanol–water partition coefficient (Wildman–Crippen LogP) is 0.883. The highest BCUT2D eigenvalue weighted by molar-refractivity contribution is 5.20. The lowest BCUT2D eigenvalue weighted by Gasteiger charge is -2.65. The minimum absolute atomic E-state index is 0.213. The van der Waals surface area contributed by atoms with E-state index in [0.717, 1.165) is 12.8 Å². The first-order chi connectivity index (χ1) is 9.23. The summed E-state index contributed by atoms with van der Waals surface area (Å²) in [5.74, 6) is 0. The fourth-order valence-corrected chi connectivity index (χ4v) is 3.95. The second-order valence-electron chi connectivity index (χ2n) is 7.96. The van der Waals surface area contributed by atoms with Crippen molar-refractivity contribution in [3.63, 3.8) is 0 Å². The Morgan fingerprint density at radius 3 is 2.00 bits per heavy atom. The summed E-state index contributed by atoms with van der Waals surface area (Å²) in [5, 5.41) is 42.2. The van der Waals surface area contributed by atoms with Crippen LogP contribution in [0.15, 0.2) is 0 Å². The number of hydrogen-bond donors (Lipinski definition) is 4. The number of aliphatic hydroxyl groups excluding tert-OH is 2. The SMILES string of the molecule is CCCC(C)(C)N1C[C@H](O)[C@@H](O)[C@](C)(O)[C@@]1(C)C(C)(C)O. The van der Waals surface area contributed by atoms with Crippen LogP contribution in [0, 0.1) is 0 Å². The molecule has 1 rings (SSSR count). The highest BCUT2D eigenvalue weighted by Crippen LogP contribution is 2.47. The first kappa shape index (κ1) is 18.8. The summed E-state index contributed by atoms with van der Waals surface area (Å²) in [6.07, 6.45) is -0.543. The summed E-state index contributed by atoms with van der Waals surface area (Å²) in [7, 11) is 0. The third-order valence-electron chi connectivity index (χ3n) is 5.62. The van der Waals surface area contributed by atoms with Gasteiger partial charge in [-0.15, -0.1) is 0 Å². The topological polar surface area (TPSA) is 84.2 Å². The van der Waals surface area contributed by atoms with Gasteiger partial charge in [-0.1, -0.05) is 13.3 Å². The van der Waals surface area contributed by atoms with Gasteiger partial charge >= 0.3 is 0 Å². The minimum atomic E-state index is -1.64. The van der Waals surface area contributed by atoms with Crippen LogP contribution < -0.4 is 0 Å². The van der Waals surface area contributed by atoms with Gasteiger partial charge in [0.25, 0.3) is 0 Å². The number of nitrogens with zero attached hydrogens (tertiary/aromatic N) is 1. The Labute approximate surface area is 128 Å². The van der Waals surface area contributed by atoms with Crippen molar-refractivity contribution in [1.29, 1.82) is 0 Å². The van der Waals surface area contributed by atoms with Crippen LogP contribution >= 0.6 is 0 Å². The van der Waals surface area contributed by atoms with Gasteiger partial charge in [-0.2, -0.15) is 0 Å². The highest BCUT2D eigenvalue weighted by Gasteiger charge is 2.65. The van der Waals surface area contributed by atoms with E-state index in [9.17, 15) is 20.4 Å². The lowest BCUT2D eigenvalue weighted by atomic mass is 9.62. The summed E-state index contributed by atoms with van der Waals surface area (Å²) in [6, 6.07) is 0. The first-order valence-electron chi connectivity index (χ1n) is 7.82. The summed E-state index contributed by atoms with van der Waals surface area (Å²) >= 11 is 0. The van der Waals surface area contributed by atoms with Crippen molar-refractivity contribution >= 4 is 0 Å². The van der Waals surface area contributed by atoms with Crippen LogP contribution in [-0.4, -0.2) is 66.4 Å². The molecule has 0 aromatic heterocycles. The second kappa shape index (κ2) is 5.46. The maximum atomic E-state index is 11.0. The molecule has 0 aromatic carbocycles. The molecule has 1 heterocycles. The Hall–Kier alpha value is -0.200. The van der Waals surface area contributed by atoms with Crippen molar-refractivity contribution in [2.24, 2.45) is 0 Å². The van der Waals surface area contributed by atoms with Crippen LogP contribution in [0.4, 0.5) is 0 Å². The third-order valence-corrected chi connectivity index (χ3v) is 5.62. The number of aliphatic hydroxyl groups is 4. The lowest BCUT2D eigenvalue weighted by Crippen LogP contribution is -2.83. The van der Waals surface area contributed by atoms with Crippen LogP contribution in [0.5, 0.6) is 0 Å². The molecular weight excluding hydrogens is 270 g/mol. The maximum Gasteiger partial charge on any atom is 0.111 e. The fourth-order valence-electron chi connectivity index (χ4n) is 3.95. The highest BCUT2D eigenvalue weighted by atomic mass is 16.4. The second-order valence-corrected chi connectivity index (χ2v) is 7.96. The molecule has 126 valence electrons. The Morgan fingerprint density at radius 1 is 1.14 bits per heavy atom. The van der Waals surface area contributed by atoms with E-state index in [1.165, 1.54) is 6.92 Å². The van der Waals surface area contributed by atoms with Crippen LogP contribution in [0.3, 0.4) is 0 Å². The monoisotopic (exact) mass is 303 g/mol. The molecule has 4 atom stereocenters. The van der Waals surface area contributed by atoms with Crippen molar-refractivity contribution in [3.8, 4) is 0 Å². The van der Waals surface area contributed by atoms with Crippen LogP contribution in [0.25, 0.3) is 0 Å². The van der Waals surface area contributed by atoms with Gasteiger partial charge in [0.05, 0.1) is 17.2 Å². The zero-order valence-electron chi connectivity index (χ0n) is 14.5. The maximum absolute atomic E-state index is 11.0. The number of rotatable bonds is 4. The molecule has 21 heavy (non-hydrogen) atoms. The van der Waals surface area contributed by atoms with Gasteiger partial charge in [0.2, 0.25) is 0 Å². The van der Waals surface area contributed by atoms with Crippen LogP contribution in [-0.2, 0) is 0 Å². The smallest absolute Gasteiger partial charge is 0.111 e. The molecule has 5 nitrogen and oxygen atoms in total. The standard InChI is InChI=1S/C16H33NO4/c1-8-9-13(2,3)17-10-11(18)12(19)15(6,21)16(17,7)14(4,5)20/h11-12,18-21H,8-10H2,1-7H3/t11-,12+,15-,16+/m0/s1. The van der Waals surface area contributed by atoms with E-state index in [2.05, 4.69) is 6.92 Å². The van der Waals surface area contributed by atoms with Gasteiger partial charge in [0, 0.05) is 12.1 Å². The molecule has 0 aliphatic carbocycles. The Kier molecular flexibility index (Phi) is 4.90. The normalized spacial score (nSPS) is 39.6. The molecular formula is C16H33NO4. The quantitative estimate of drug-likeness (QED) is 0.620. The molecule has 1 aliphatic heterocycles. The number of piperidine rings is 1. The van der Waals surface area contributed by atoms with E-state index in [0.29, 0.717) is 0 Å². The van der Waals surface area contributed by atoms with Crippen LogP contribution in [0.1, 0.15) is 61.3 Å². The van der Waals surface area contributed by atoms with Crippen molar-refractivity contribution in [3.05, 3.63) is 0 Å². The minimum Gasteiger partial charge on any atom is -0.389 e. The van der Waals surface area contributed by atoms with E-state index >= 15 is 0 Å². The average molecular weight is 303 g/mol. The molecule has 0 amide bonds. The molecule has 0 radical (unpaired) electrons.